The molecule has 4 N–H and O–H groups in total. The minimum atomic E-state index is 0.266. The Morgan fingerprint density at radius 3 is 1.80 bits per heavy atom. The van der Waals surface area contributed by atoms with E-state index in [1.165, 1.54) is 83.5 Å². The van der Waals surface area contributed by atoms with Crippen LogP contribution in [0.15, 0.2) is 12.2 Å². The Morgan fingerprint density at radius 2 is 1.28 bits per heavy atom. The molecule has 0 saturated carbocycles. The lowest BCUT2D eigenvalue weighted by Crippen LogP contribution is -2.05. The number of hydrogen-bond acceptors (Lipinski definition) is 4. The number of nitrogens with two attached hydrogens (primary N) is 2. The molecule has 0 aliphatic carbocycles. The molecule has 1 rings (SSSR count). The number of rotatable bonds is 16. The summed E-state index contributed by atoms with van der Waals surface area (Å²) in [5.41, 5.74) is 11.2. The summed E-state index contributed by atoms with van der Waals surface area (Å²) >= 11 is 0. The standard InChI is InChI=1S/C20H39N5/c1-2-3-4-5-6-7-8-9-10-11-12-13-14-15-16-17-18-25-20(22)23-19(21)24-25/h9-10H,2-8,11-18H2,1H3,(H4,21,22,23,24). The van der Waals surface area contributed by atoms with Crippen molar-refractivity contribution in [3.05, 3.63) is 12.2 Å². The molecule has 1 heterocycles. The number of anilines is 2. The molecular weight excluding hydrogens is 310 g/mol. The molecule has 0 bridgehead atoms. The topological polar surface area (TPSA) is 82.8 Å². The van der Waals surface area contributed by atoms with Crippen LogP contribution >= 0.6 is 0 Å². The van der Waals surface area contributed by atoms with Crippen molar-refractivity contribution in [2.45, 2.75) is 103 Å². The Morgan fingerprint density at radius 1 is 0.760 bits per heavy atom. The normalized spacial score (nSPS) is 11.6. The van der Waals surface area contributed by atoms with Crippen LogP contribution in [0.3, 0.4) is 0 Å². The fourth-order valence-electron chi connectivity index (χ4n) is 3.05. The van der Waals surface area contributed by atoms with E-state index >= 15 is 0 Å². The van der Waals surface area contributed by atoms with Gasteiger partial charge in [-0.3, -0.25) is 0 Å². The molecule has 0 amide bonds. The molecule has 5 nitrogen and oxygen atoms in total. The first-order chi connectivity index (χ1) is 12.2. The number of unbranched alkanes of at least 4 members (excludes halogenated alkanes) is 12. The summed E-state index contributed by atoms with van der Waals surface area (Å²) in [6.07, 6.45) is 23.2. The third-order valence-electron chi connectivity index (χ3n) is 4.60. The van der Waals surface area contributed by atoms with E-state index in [-0.39, 0.29) is 5.95 Å². The molecule has 0 spiro atoms. The third-order valence-corrected chi connectivity index (χ3v) is 4.60. The first kappa shape index (κ1) is 21.5. The largest absolute Gasteiger partial charge is 0.368 e. The van der Waals surface area contributed by atoms with Gasteiger partial charge in [-0.25, -0.2) is 4.68 Å². The summed E-state index contributed by atoms with van der Waals surface area (Å²) in [7, 11) is 0. The zero-order valence-electron chi connectivity index (χ0n) is 16.3. The van der Waals surface area contributed by atoms with Crippen LogP contribution < -0.4 is 11.5 Å². The number of nitrogen functional groups attached to an aromatic ring is 2. The molecule has 0 aromatic carbocycles. The zero-order valence-corrected chi connectivity index (χ0v) is 16.3. The van der Waals surface area contributed by atoms with Crippen LogP contribution in [0.2, 0.25) is 0 Å². The van der Waals surface area contributed by atoms with Crippen molar-refractivity contribution in [2.24, 2.45) is 0 Å². The smallest absolute Gasteiger partial charge is 0.241 e. The second-order valence-corrected chi connectivity index (χ2v) is 6.99. The van der Waals surface area contributed by atoms with Crippen molar-refractivity contribution in [3.63, 3.8) is 0 Å². The van der Waals surface area contributed by atoms with Crippen molar-refractivity contribution in [1.82, 2.24) is 14.8 Å². The van der Waals surface area contributed by atoms with Gasteiger partial charge in [-0.05, 0) is 32.1 Å². The molecular formula is C20H39N5. The average Bonchev–Trinajstić information content (AvgIpc) is 2.92. The predicted octanol–water partition coefficient (Wildman–Crippen LogP) is 5.48. The number of aryl methyl sites for hydroxylation is 1. The first-order valence-corrected chi connectivity index (χ1v) is 10.3. The lowest BCUT2D eigenvalue weighted by Gasteiger charge is -2.03. The van der Waals surface area contributed by atoms with Crippen LogP contribution in [0.4, 0.5) is 11.9 Å². The summed E-state index contributed by atoms with van der Waals surface area (Å²) in [5.74, 6) is 0.687. The van der Waals surface area contributed by atoms with Crippen LogP contribution in [0.1, 0.15) is 96.8 Å². The van der Waals surface area contributed by atoms with Gasteiger partial charge in [-0.1, -0.05) is 76.9 Å². The van der Waals surface area contributed by atoms with Gasteiger partial charge in [-0.15, -0.1) is 5.10 Å². The molecule has 0 unspecified atom stereocenters. The Labute approximate surface area is 154 Å². The summed E-state index contributed by atoms with van der Waals surface area (Å²) in [4.78, 5) is 3.90. The highest BCUT2D eigenvalue weighted by atomic mass is 15.4. The van der Waals surface area contributed by atoms with E-state index in [1.54, 1.807) is 4.68 Å². The highest BCUT2D eigenvalue weighted by molar-refractivity contribution is 5.25. The third kappa shape index (κ3) is 11.6. The summed E-state index contributed by atoms with van der Waals surface area (Å²) in [6, 6.07) is 0. The molecule has 0 aliphatic rings. The van der Waals surface area contributed by atoms with Crippen LogP contribution in [-0.2, 0) is 6.54 Å². The van der Waals surface area contributed by atoms with Crippen molar-refractivity contribution in [3.8, 4) is 0 Å². The van der Waals surface area contributed by atoms with E-state index in [2.05, 4.69) is 29.2 Å². The van der Waals surface area contributed by atoms with Crippen LogP contribution in [0.25, 0.3) is 0 Å². The van der Waals surface area contributed by atoms with Gasteiger partial charge >= 0.3 is 0 Å². The van der Waals surface area contributed by atoms with Crippen molar-refractivity contribution < 1.29 is 0 Å². The molecule has 0 aliphatic heterocycles. The minimum Gasteiger partial charge on any atom is -0.368 e. The van der Waals surface area contributed by atoms with Crippen LogP contribution in [0.5, 0.6) is 0 Å². The molecule has 0 fully saturated rings. The van der Waals surface area contributed by atoms with Gasteiger partial charge in [0.2, 0.25) is 11.9 Å². The van der Waals surface area contributed by atoms with Crippen LogP contribution in [-0.4, -0.2) is 14.8 Å². The van der Waals surface area contributed by atoms with E-state index in [1.807, 2.05) is 0 Å². The second-order valence-electron chi connectivity index (χ2n) is 6.99. The molecule has 1 aromatic rings. The number of aromatic nitrogens is 3. The van der Waals surface area contributed by atoms with Gasteiger partial charge in [0.15, 0.2) is 0 Å². The van der Waals surface area contributed by atoms with Crippen molar-refractivity contribution in [2.75, 3.05) is 11.5 Å². The SMILES string of the molecule is CCCCCCCCC=CCCCCCCCCn1nc(N)nc1N. The molecule has 144 valence electrons. The molecule has 0 saturated heterocycles. The van der Waals surface area contributed by atoms with Gasteiger partial charge in [0.05, 0.1) is 0 Å². The van der Waals surface area contributed by atoms with Crippen molar-refractivity contribution in [1.29, 1.82) is 0 Å². The molecule has 1 aromatic heterocycles. The highest BCUT2D eigenvalue weighted by Crippen LogP contribution is 2.11. The molecule has 5 heteroatoms. The summed E-state index contributed by atoms with van der Waals surface area (Å²) in [6.45, 7) is 3.09. The minimum absolute atomic E-state index is 0.266. The maximum Gasteiger partial charge on any atom is 0.241 e. The Hall–Kier alpha value is -1.52. The summed E-state index contributed by atoms with van der Waals surface area (Å²) < 4.78 is 1.70. The van der Waals surface area contributed by atoms with E-state index in [0.29, 0.717) is 5.95 Å². The molecule has 0 radical (unpaired) electrons. The van der Waals surface area contributed by atoms with Gasteiger partial charge in [0, 0.05) is 6.54 Å². The van der Waals surface area contributed by atoms with Gasteiger partial charge in [-0.2, -0.15) is 4.98 Å². The predicted molar refractivity (Wildman–Crippen MR) is 108 cm³/mol. The average molecular weight is 350 g/mol. The number of allylic oxidation sites excluding steroid dienone is 2. The monoisotopic (exact) mass is 349 g/mol. The van der Waals surface area contributed by atoms with Gasteiger partial charge in [0.1, 0.15) is 0 Å². The molecule has 25 heavy (non-hydrogen) atoms. The quantitative estimate of drug-likeness (QED) is 0.306. The van der Waals surface area contributed by atoms with E-state index in [0.717, 1.165) is 13.0 Å². The Balaban J connectivity index is 1.81. The second kappa shape index (κ2) is 14.8. The Bertz CT molecular complexity index is 453. The summed E-state index contributed by atoms with van der Waals surface area (Å²) in [5, 5.41) is 4.07. The van der Waals surface area contributed by atoms with Gasteiger partial charge in [0.25, 0.3) is 0 Å². The lowest BCUT2D eigenvalue weighted by atomic mass is 10.1. The van der Waals surface area contributed by atoms with E-state index in [4.69, 9.17) is 11.5 Å². The highest BCUT2D eigenvalue weighted by Gasteiger charge is 2.02. The van der Waals surface area contributed by atoms with Crippen LogP contribution in [0, 0.1) is 0 Å². The maximum atomic E-state index is 5.71. The Kier molecular flexibility index (Phi) is 12.7. The first-order valence-electron chi connectivity index (χ1n) is 10.3. The lowest BCUT2D eigenvalue weighted by molar-refractivity contribution is 0.529. The van der Waals surface area contributed by atoms with E-state index in [9.17, 15) is 0 Å². The fourth-order valence-corrected chi connectivity index (χ4v) is 3.05. The van der Waals surface area contributed by atoms with Gasteiger partial charge < -0.3 is 11.5 Å². The maximum absolute atomic E-state index is 5.71. The number of nitrogens with zero attached hydrogens (tertiary/aromatic N) is 3. The molecule has 0 atom stereocenters. The zero-order chi connectivity index (χ0) is 18.2. The number of hydrogen-bond donors (Lipinski definition) is 2. The van der Waals surface area contributed by atoms with Crippen molar-refractivity contribution >= 4 is 11.9 Å². The fraction of sp³-hybridized carbons (Fsp3) is 0.800. The van der Waals surface area contributed by atoms with E-state index < -0.39 is 0 Å².